The lowest BCUT2D eigenvalue weighted by atomic mass is 9.46. The highest BCUT2D eigenvalue weighted by Crippen LogP contribution is 2.71. The Morgan fingerprint density at radius 3 is 0.759 bits per heavy atom. The zero-order chi connectivity index (χ0) is 75.9. The summed E-state index contributed by atoms with van der Waals surface area (Å²) < 4.78 is 45.8. The molecule has 0 amide bonds. The Morgan fingerprint density at radius 1 is 0.296 bits per heavy atom. The number of ether oxygens (including phenoxy) is 8. The molecule has 22 saturated carbocycles. The van der Waals surface area contributed by atoms with Crippen LogP contribution in [0.25, 0.3) is 0 Å². The molecular formula is C92H132O16. The molecule has 0 radical (unpaired) electrons. The van der Waals surface area contributed by atoms with Crippen molar-refractivity contribution in [2.45, 2.75) is 282 Å². The molecule has 22 rings (SSSR count). The van der Waals surface area contributed by atoms with Gasteiger partial charge in [-0.1, -0.05) is 79.7 Å². The third-order valence-corrected chi connectivity index (χ3v) is 34.0. The first-order chi connectivity index (χ1) is 51.7. The molecule has 8 unspecified atom stereocenters. The van der Waals surface area contributed by atoms with Crippen LogP contribution in [0.3, 0.4) is 0 Å². The molecule has 0 spiro atoms. The molecular weight excluding hydrogens is 1360 g/mol. The SMILES string of the molecule is C=C(C)C(=O)OCC(=O)OC1(C2CC3CC2CC3C)C2CC3CC(C2)CC1C3.C=C(C)C(=O)OCC(=O)OC1(C2CCC(C)CC2)C2CC3CC(C2)CC1C3.C=CC(=O)OCC(=O)OC1(C2CC3CC2CC3C)C2CC3CC(C2)CC1C3.C=CC(=O)OCC(=O)OC1(C2CCC(C)CC2)C2CC3CC(C2)CC1C3. The van der Waals surface area contributed by atoms with Crippen LogP contribution in [0.4, 0.5) is 0 Å². The second-order valence-electron chi connectivity index (χ2n) is 40.4. The monoisotopic (exact) mass is 1490 g/mol. The fourth-order valence-electron chi connectivity index (χ4n) is 30.6. The van der Waals surface area contributed by atoms with Crippen molar-refractivity contribution in [1.82, 2.24) is 0 Å². The van der Waals surface area contributed by atoms with E-state index in [1.165, 1.54) is 218 Å². The average molecular weight is 1490 g/mol. The summed E-state index contributed by atoms with van der Waals surface area (Å²) in [6.45, 7) is 25.5. The van der Waals surface area contributed by atoms with Gasteiger partial charge in [-0.2, -0.15) is 0 Å². The summed E-state index contributed by atoms with van der Waals surface area (Å²) in [5.74, 6) is 15.5. The molecule has 16 nitrogen and oxygen atoms in total. The van der Waals surface area contributed by atoms with E-state index in [9.17, 15) is 38.4 Å². The van der Waals surface area contributed by atoms with Crippen LogP contribution in [0.15, 0.2) is 49.6 Å². The van der Waals surface area contributed by atoms with Gasteiger partial charge in [0, 0.05) is 35.1 Å². The summed E-state index contributed by atoms with van der Waals surface area (Å²) in [6.07, 6.45) is 44.7. The van der Waals surface area contributed by atoms with Crippen molar-refractivity contribution in [3.8, 4) is 0 Å². The number of esters is 8. The smallest absolute Gasteiger partial charge is 0.344 e. The topological polar surface area (TPSA) is 210 Å². The minimum Gasteiger partial charge on any atom is -0.456 e. The first-order valence-electron chi connectivity index (χ1n) is 43.9. The normalized spacial score (nSPS) is 45.9. The van der Waals surface area contributed by atoms with Gasteiger partial charge in [-0.3, -0.25) is 0 Å². The lowest BCUT2D eigenvalue weighted by Gasteiger charge is -2.63. The van der Waals surface area contributed by atoms with Crippen molar-refractivity contribution >= 4 is 47.8 Å². The van der Waals surface area contributed by atoms with E-state index in [0.29, 0.717) is 94.0 Å². The summed E-state index contributed by atoms with van der Waals surface area (Å²) in [6, 6.07) is 0. The predicted molar refractivity (Wildman–Crippen MR) is 407 cm³/mol. The maximum atomic E-state index is 12.9. The highest BCUT2D eigenvalue weighted by molar-refractivity contribution is 5.89. The summed E-state index contributed by atoms with van der Waals surface area (Å²) in [4.78, 5) is 97.1. The average Bonchev–Trinajstić information content (AvgIpc) is 1.23. The summed E-state index contributed by atoms with van der Waals surface area (Å²) in [5, 5.41) is 0. The van der Waals surface area contributed by atoms with Crippen LogP contribution in [0.5, 0.6) is 0 Å². The van der Waals surface area contributed by atoms with Gasteiger partial charge in [0.25, 0.3) is 0 Å². The molecule has 108 heavy (non-hydrogen) atoms. The van der Waals surface area contributed by atoms with Crippen molar-refractivity contribution in [2.24, 2.45) is 166 Å². The Bertz CT molecular complexity index is 3300. The van der Waals surface area contributed by atoms with E-state index < -0.39 is 23.9 Å². The fourth-order valence-corrected chi connectivity index (χ4v) is 30.6. The summed E-state index contributed by atoms with van der Waals surface area (Å²) >= 11 is 0. The van der Waals surface area contributed by atoms with E-state index in [2.05, 4.69) is 54.0 Å². The van der Waals surface area contributed by atoms with Gasteiger partial charge in [-0.05, 0) is 360 Å². The van der Waals surface area contributed by atoms with Gasteiger partial charge in [0.1, 0.15) is 22.4 Å². The van der Waals surface area contributed by atoms with E-state index in [4.69, 9.17) is 37.9 Å². The fraction of sp³-hybridized carbons (Fsp3) is 0.826. The van der Waals surface area contributed by atoms with Gasteiger partial charge in [-0.15, -0.1) is 0 Å². The Kier molecular flexibility index (Phi) is 22.8. The van der Waals surface area contributed by atoms with Crippen LogP contribution < -0.4 is 0 Å². The number of hydrogen-bond acceptors (Lipinski definition) is 16. The van der Waals surface area contributed by atoms with Gasteiger partial charge in [0.05, 0.1) is 0 Å². The third-order valence-electron chi connectivity index (χ3n) is 34.0. The molecule has 0 aromatic carbocycles. The van der Waals surface area contributed by atoms with Crippen molar-refractivity contribution in [1.29, 1.82) is 0 Å². The Balaban J connectivity index is 0.000000115. The highest BCUT2D eigenvalue weighted by atomic mass is 16.6. The summed E-state index contributed by atoms with van der Waals surface area (Å²) in [7, 11) is 0. The van der Waals surface area contributed by atoms with E-state index in [-0.39, 0.29) is 72.7 Å². The molecule has 0 aromatic heterocycles. The number of rotatable bonds is 20. The Labute approximate surface area is 644 Å². The molecule has 8 atom stereocenters. The van der Waals surface area contributed by atoms with Crippen molar-refractivity contribution in [2.75, 3.05) is 26.4 Å². The molecule has 0 aromatic rings. The number of carbonyl (C=O) groups is 8. The maximum Gasteiger partial charge on any atom is 0.344 e. The van der Waals surface area contributed by atoms with Crippen molar-refractivity contribution < 1.29 is 76.3 Å². The second-order valence-corrected chi connectivity index (χ2v) is 40.4. The largest absolute Gasteiger partial charge is 0.456 e. The quantitative estimate of drug-likeness (QED) is 0.0630. The first kappa shape index (κ1) is 78.0. The van der Waals surface area contributed by atoms with Crippen molar-refractivity contribution in [3.63, 3.8) is 0 Å². The molecule has 596 valence electrons. The van der Waals surface area contributed by atoms with Gasteiger partial charge in [0.2, 0.25) is 0 Å². The minimum atomic E-state index is -0.562. The first-order valence-corrected chi connectivity index (χ1v) is 43.9. The molecule has 22 aliphatic rings. The van der Waals surface area contributed by atoms with E-state index in [0.717, 1.165) is 95.0 Å². The van der Waals surface area contributed by atoms with Crippen LogP contribution in [0.1, 0.15) is 260 Å². The van der Waals surface area contributed by atoms with Gasteiger partial charge in [-0.25, -0.2) is 38.4 Å². The van der Waals surface area contributed by atoms with Crippen LogP contribution in [-0.4, -0.2) is 96.6 Å². The predicted octanol–water partition coefficient (Wildman–Crippen LogP) is 17.6. The zero-order valence-corrected chi connectivity index (χ0v) is 66.6. The highest BCUT2D eigenvalue weighted by Gasteiger charge is 2.70. The Morgan fingerprint density at radius 2 is 0.537 bits per heavy atom. The van der Waals surface area contributed by atoms with Gasteiger partial charge < -0.3 is 37.9 Å². The minimum absolute atomic E-state index is 0.281. The molecule has 16 heteroatoms. The van der Waals surface area contributed by atoms with E-state index in [1.807, 2.05) is 0 Å². The molecule has 0 saturated heterocycles. The zero-order valence-electron chi connectivity index (χ0n) is 66.6. The molecule has 0 aliphatic heterocycles. The van der Waals surface area contributed by atoms with Gasteiger partial charge in [0.15, 0.2) is 26.4 Å². The van der Waals surface area contributed by atoms with Crippen LogP contribution in [0, 0.1) is 166 Å². The molecule has 0 heterocycles. The summed E-state index contributed by atoms with van der Waals surface area (Å²) in [5.41, 5.74) is -0.553. The Hall–Kier alpha value is -5.28. The maximum absolute atomic E-state index is 12.9. The van der Waals surface area contributed by atoms with E-state index >= 15 is 0 Å². The molecule has 22 aliphatic carbocycles. The molecule has 22 fully saturated rings. The second kappa shape index (κ2) is 31.6. The number of carbonyl (C=O) groups excluding carboxylic acids is 8. The van der Waals surface area contributed by atoms with Crippen LogP contribution >= 0.6 is 0 Å². The number of fused-ring (bicyclic) bond motifs is 4. The molecule has 20 bridgehead atoms. The number of hydrogen-bond donors (Lipinski definition) is 0. The van der Waals surface area contributed by atoms with Crippen molar-refractivity contribution in [3.05, 3.63) is 49.6 Å². The van der Waals surface area contributed by atoms with E-state index in [1.54, 1.807) is 13.8 Å². The third kappa shape index (κ3) is 15.0. The lowest BCUT2D eigenvalue weighted by molar-refractivity contribution is -0.238. The van der Waals surface area contributed by atoms with Gasteiger partial charge >= 0.3 is 47.8 Å². The lowest BCUT2D eigenvalue weighted by Crippen LogP contribution is -2.64. The molecule has 0 N–H and O–H groups in total. The standard InChI is InChI=1S/C24H34O4.C23H32O4.C23H34O4.C22H32O4/c1-13(2)23(26)27-12-22(25)28-24(21-11-17-10-18(21)4-14(17)3)19-6-15-5-16(8-19)9-20(24)7-15;1-3-21(24)26-12-22(25)27-23(20-11-16-10-17(20)4-13(16)2)18-6-14-5-15(8-18)9-19(23)7-14;1-14(2)22(25)26-13-21(24)27-23(18-6-4-15(3)5-7-18)19-9-16-8-17(11-19)12-20(23)10-16;1-3-20(23)25-13-21(24)26-22(17-6-4-14(2)5-7-17)18-9-15-8-16(11-18)12-19(22)10-15/h14-21H,1,4-12H2,2-3H3;3,13-20H,1,4-12H2,2H3;15-20H,1,4-13H2,2-3H3;3,14-19H,1,4-13H2,2H3. The van der Waals surface area contributed by atoms with Crippen LogP contribution in [-0.2, 0) is 76.3 Å². The van der Waals surface area contributed by atoms with Crippen LogP contribution in [0.2, 0.25) is 0 Å².